The lowest BCUT2D eigenvalue weighted by atomic mass is 10.1. The van der Waals surface area contributed by atoms with Gasteiger partial charge in [0.25, 0.3) is 5.91 Å². The standard InChI is InChI=1S/C21H19ClN2O2S/c1-3-19-21(25)24(11-14-5-4-6-16(22)9-14)18-10-15(7-8-20(18)26-19)17-12-27-13(2)23-17/h4-10,12,19H,3,11H2,1-2H3. The van der Waals surface area contributed by atoms with E-state index in [1.54, 1.807) is 16.2 Å². The summed E-state index contributed by atoms with van der Waals surface area (Å²) >= 11 is 7.74. The Morgan fingerprint density at radius 3 is 2.81 bits per heavy atom. The van der Waals surface area contributed by atoms with Gasteiger partial charge in [0.1, 0.15) is 5.75 Å². The number of carbonyl (C=O) groups is 1. The van der Waals surface area contributed by atoms with Crippen LogP contribution in [-0.4, -0.2) is 17.0 Å². The van der Waals surface area contributed by atoms with Gasteiger partial charge in [-0.25, -0.2) is 4.98 Å². The van der Waals surface area contributed by atoms with E-state index in [9.17, 15) is 4.79 Å². The van der Waals surface area contributed by atoms with Gasteiger partial charge >= 0.3 is 0 Å². The summed E-state index contributed by atoms with van der Waals surface area (Å²) in [6, 6.07) is 13.5. The number of hydrogen-bond acceptors (Lipinski definition) is 4. The van der Waals surface area contributed by atoms with Crippen molar-refractivity contribution in [3.8, 4) is 17.0 Å². The number of aromatic nitrogens is 1. The monoisotopic (exact) mass is 398 g/mol. The van der Waals surface area contributed by atoms with Crippen LogP contribution in [0.4, 0.5) is 5.69 Å². The summed E-state index contributed by atoms with van der Waals surface area (Å²) in [4.78, 5) is 19.4. The van der Waals surface area contributed by atoms with Crippen molar-refractivity contribution >= 4 is 34.5 Å². The molecule has 1 aliphatic rings. The third-order valence-electron chi connectivity index (χ3n) is 4.58. The Labute approximate surface area is 167 Å². The van der Waals surface area contributed by atoms with Crippen molar-refractivity contribution in [2.45, 2.75) is 32.9 Å². The van der Waals surface area contributed by atoms with E-state index in [1.165, 1.54) is 0 Å². The molecule has 0 N–H and O–H groups in total. The number of hydrogen-bond donors (Lipinski definition) is 0. The molecule has 1 unspecified atom stereocenters. The largest absolute Gasteiger partial charge is 0.478 e. The fourth-order valence-corrected chi connectivity index (χ4v) is 4.05. The smallest absolute Gasteiger partial charge is 0.268 e. The number of aryl methyl sites for hydroxylation is 1. The summed E-state index contributed by atoms with van der Waals surface area (Å²) in [5, 5.41) is 3.70. The normalized spacial score (nSPS) is 16.2. The number of benzene rings is 2. The minimum atomic E-state index is -0.468. The van der Waals surface area contributed by atoms with E-state index in [-0.39, 0.29) is 5.91 Å². The van der Waals surface area contributed by atoms with Crippen LogP contribution < -0.4 is 9.64 Å². The molecule has 3 aromatic rings. The summed E-state index contributed by atoms with van der Waals surface area (Å²) in [6.07, 6.45) is 0.154. The van der Waals surface area contributed by atoms with Crippen LogP contribution >= 0.6 is 22.9 Å². The van der Waals surface area contributed by atoms with Crippen LogP contribution in [0.5, 0.6) is 5.75 Å². The molecule has 2 aromatic carbocycles. The van der Waals surface area contributed by atoms with Crippen molar-refractivity contribution in [3.63, 3.8) is 0 Å². The first-order valence-electron chi connectivity index (χ1n) is 8.84. The van der Waals surface area contributed by atoms with Gasteiger partial charge in [-0.3, -0.25) is 4.79 Å². The van der Waals surface area contributed by atoms with Crippen molar-refractivity contribution in [1.29, 1.82) is 0 Å². The molecular formula is C21H19ClN2O2S. The van der Waals surface area contributed by atoms with E-state index in [0.29, 0.717) is 18.0 Å². The third-order valence-corrected chi connectivity index (χ3v) is 5.58. The van der Waals surface area contributed by atoms with Gasteiger partial charge in [-0.05, 0) is 49.2 Å². The number of anilines is 1. The molecule has 1 aromatic heterocycles. The van der Waals surface area contributed by atoms with Crippen molar-refractivity contribution in [2.24, 2.45) is 0 Å². The van der Waals surface area contributed by atoms with Crippen LogP contribution in [0.15, 0.2) is 47.8 Å². The Hall–Kier alpha value is -2.37. The number of fused-ring (bicyclic) bond motifs is 1. The van der Waals surface area contributed by atoms with Gasteiger partial charge in [-0.15, -0.1) is 11.3 Å². The van der Waals surface area contributed by atoms with Crippen LogP contribution in [-0.2, 0) is 11.3 Å². The average Bonchev–Trinajstić information content (AvgIpc) is 3.10. The highest BCUT2D eigenvalue weighted by Gasteiger charge is 2.33. The second kappa shape index (κ2) is 7.33. The maximum atomic E-state index is 13.0. The topological polar surface area (TPSA) is 42.4 Å². The lowest BCUT2D eigenvalue weighted by Gasteiger charge is -2.34. The highest BCUT2D eigenvalue weighted by Crippen LogP contribution is 2.39. The van der Waals surface area contributed by atoms with Crippen molar-refractivity contribution in [1.82, 2.24) is 4.98 Å². The lowest BCUT2D eigenvalue weighted by molar-refractivity contribution is -0.126. The van der Waals surface area contributed by atoms with Gasteiger partial charge in [-0.1, -0.05) is 30.7 Å². The summed E-state index contributed by atoms with van der Waals surface area (Å²) in [6.45, 7) is 4.39. The van der Waals surface area contributed by atoms with Crippen LogP contribution in [0.3, 0.4) is 0 Å². The maximum Gasteiger partial charge on any atom is 0.268 e. The van der Waals surface area contributed by atoms with Gasteiger partial charge in [-0.2, -0.15) is 0 Å². The molecule has 27 heavy (non-hydrogen) atoms. The number of ether oxygens (including phenoxy) is 1. The molecular weight excluding hydrogens is 380 g/mol. The van der Waals surface area contributed by atoms with Gasteiger partial charge in [0.2, 0.25) is 0 Å². The number of nitrogens with zero attached hydrogens (tertiary/aromatic N) is 2. The zero-order chi connectivity index (χ0) is 19.0. The maximum absolute atomic E-state index is 13.0. The Morgan fingerprint density at radius 1 is 1.26 bits per heavy atom. The number of halogens is 1. The highest BCUT2D eigenvalue weighted by atomic mass is 35.5. The highest BCUT2D eigenvalue weighted by molar-refractivity contribution is 7.09. The Morgan fingerprint density at radius 2 is 2.11 bits per heavy atom. The molecule has 0 saturated carbocycles. The van der Waals surface area contributed by atoms with Gasteiger partial charge in [0.15, 0.2) is 6.10 Å². The van der Waals surface area contributed by atoms with E-state index in [4.69, 9.17) is 16.3 Å². The molecule has 6 heteroatoms. The SMILES string of the molecule is CCC1Oc2ccc(-c3csc(C)n3)cc2N(Cc2cccc(Cl)c2)C1=O. The molecule has 4 rings (SSSR count). The number of thiazole rings is 1. The third kappa shape index (κ3) is 3.57. The second-order valence-corrected chi connectivity index (χ2v) is 8.00. The quantitative estimate of drug-likeness (QED) is 0.584. The molecule has 0 saturated heterocycles. The molecule has 2 heterocycles. The molecule has 0 aliphatic carbocycles. The van der Waals surface area contributed by atoms with E-state index in [0.717, 1.165) is 33.3 Å². The van der Waals surface area contributed by atoms with Crippen molar-refractivity contribution in [2.75, 3.05) is 4.90 Å². The van der Waals surface area contributed by atoms with Gasteiger partial charge < -0.3 is 9.64 Å². The van der Waals surface area contributed by atoms with Crippen molar-refractivity contribution in [3.05, 3.63) is 63.4 Å². The van der Waals surface area contributed by atoms with E-state index >= 15 is 0 Å². The minimum absolute atomic E-state index is 0.0309. The first-order valence-corrected chi connectivity index (χ1v) is 10.1. The molecule has 1 amide bonds. The zero-order valence-corrected chi connectivity index (χ0v) is 16.7. The first kappa shape index (κ1) is 18.0. The second-order valence-electron chi connectivity index (χ2n) is 6.50. The fraction of sp³-hybridized carbons (Fsp3) is 0.238. The average molecular weight is 399 g/mol. The van der Waals surface area contributed by atoms with E-state index in [1.807, 2.05) is 61.7 Å². The fourth-order valence-electron chi connectivity index (χ4n) is 3.22. The summed E-state index contributed by atoms with van der Waals surface area (Å²) in [5.41, 5.74) is 3.63. The minimum Gasteiger partial charge on any atom is -0.478 e. The van der Waals surface area contributed by atoms with E-state index in [2.05, 4.69) is 4.98 Å². The van der Waals surface area contributed by atoms with Crippen LogP contribution in [0, 0.1) is 6.92 Å². The number of rotatable bonds is 4. The van der Waals surface area contributed by atoms with Crippen LogP contribution in [0.1, 0.15) is 23.9 Å². The molecule has 0 radical (unpaired) electrons. The number of amides is 1. The Bertz CT molecular complexity index is 1000. The van der Waals surface area contributed by atoms with Crippen molar-refractivity contribution < 1.29 is 9.53 Å². The summed E-state index contributed by atoms with van der Waals surface area (Å²) < 4.78 is 5.95. The van der Waals surface area contributed by atoms with Gasteiger partial charge in [0.05, 0.1) is 22.9 Å². The molecule has 1 aliphatic heterocycles. The summed E-state index contributed by atoms with van der Waals surface area (Å²) in [7, 11) is 0. The predicted molar refractivity (Wildman–Crippen MR) is 110 cm³/mol. The Balaban J connectivity index is 1.76. The Kier molecular flexibility index (Phi) is 4.89. The van der Waals surface area contributed by atoms with Crippen LogP contribution in [0.2, 0.25) is 5.02 Å². The first-order chi connectivity index (χ1) is 13.0. The molecule has 1 atom stereocenters. The zero-order valence-electron chi connectivity index (χ0n) is 15.1. The molecule has 4 nitrogen and oxygen atoms in total. The predicted octanol–water partition coefficient (Wildman–Crippen LogP) is 5.48. The number of carbonyl (C=O) groups excluding carboxylic acids is 1. The molecule has 0 bridgehead atoms. The molecule has 0 fully saturated rings. The summed E-state index contributed by atoms with van der Waals surface area (Å²) in [5.74, 6) is 0.691. The van der Waals surface area contributed by atoms with Gasteiger partial charge in [0, 0.05) is 16.0 Å². The van der Waals surface area contributed by atoms with Crippen LogP contribution in [0.25, 0.3) is 11.3 Å². The van der Waals surface area contributed by atoms with E-state index < -0.39 is 6.10 Å². The molecule has 0 spiro atoms. The molecule has 138 valence electrons. The lowest BCUT2D eigenvalue weighted by Crippen LogP contribution is -2.45.